The molecule has 0 saturated carbocycles. The van der Waals surface area contributed by atoms with Gasteiger partial charge in [-0.15, -0.1) is 0 Å². The smallest absolute Gasteiger partial charge is 0.310 e. The third kappa shape index (κ3) is 13.3. The van der Waals surface area contributed by atoms with Gasteiger partial charge in [-0.1, -0.05) is 20.8 Å². The molecule has 0 aliphatic rings. The third-order valence-electron chi connectivity index (χ3n) is 3.01. The second-order valence-corrected chi connectivity index (χ2v) is 11.2. The molecule has 0 bridgehead atoms. The van der Waals surface area contributed by atoms with Crippen LogP contribution < -0.4 is 5.73 Å². The van der Waals surface area contributed by atoms with Gasteiger partial charge in [0.1, 0.15) is 5.60 Å². The fourth-order valence-corrected chi connectivity index (χ4v) is 2.73. The van der Waals surface area contributed by atoms with E-state index in [1.165, 1.54) is 0 Å². The molecule has 0 amide bonds. The van der Waals surface area contributed by atoms with E-state index in [4.69, 9.17) is 15.2 Å². The number of hydrogen-bond acceptors (Lipinski definition) is 6. The Morgan fingerprint density at radius 2 is 1.48 bits per heavy atom. The van der Waals surface area contributed by atoms with Crippen molar-refractivity contribution in [1.82, 2.24) is 0 Å². The fourth-order valence-electron chi connectivity index (χ4n) is 1.77. The van der Waals surface area contributed by atoms with Crippen LogP contribution >= 0.6 is 11.8 Å². The highest BCUT2D eigenvalue weighted by atomic mass is 32.2. The quantitative estimate of drug-likeness (QED) is 0.653. The molecule has 0 radical (unpaired) electrons. The summed E-state index contributed by atoms with van der Waals surface area (Å²) in [6.07, 6.45) is 0.0761. The highest BCUT2D eigenvalue weighted by Gasteiger charge is 2.30. The van der Waals surface area contributed by atoms with Crippen molar-refractivity contribution >= 4 is 23.5 Å². The zero-order valence-corrected chi connectivity index (χ0v) is 18.2. The van der Waals surface area contributed by atoms with Gasteiger partial charge in [0.2, 0.25) is 0 Å². The lowest BCUT2D eigenvalue weighted by molar-refractivity contribution is -0.160. The summed E-state index contributed by atoms with van der Waals surface area (Å²) < 4.78 is 11.1. The standard InChI is InChI=1S/C19H37NO4S/c1-17(2,3)23-11-14(20)15(21)10-13(12-25-19(7,8)9)16(22)24-18(4,5)6/h13-14H,10-12,20H2,1-9H3/t13-,14-/m0/s1. The van der Waals surface area contributed by atoms with Gasteiger partial charge in [-0.2, -0.15) is 11.8 Å². The largest absolute Gasteiger partial charge is 0.460 e. The molecule has 0 unspecified atom stereocenters. The number of Topliss-reactive ketones (excluding diaryl/α,β-unsaturated/α-hetero) is 1. The Bertz CT molecular complexity index is 444. The lowest BCUT2D eigenvalue weighted by Gasteiger charge is -2.27. The van der Waals surface area contributed by atoms with Crippen molar-refractivity contribution in [3.05, 3.63) is 0 Å². The van der Waals surface area contributed by atoms with E-state index in [1.807, 2.05) is 41.5 Å². The van der Waals surface area contributed by atoms with Crippen molar-refractivity contribution in [2.45, 2.75) is 90.7 Å². The zero-order valence-electron chi connectivity index (χ0n) is 17.4. The molecule has 0 aliphatic carbocycles. The molecule has 2 atom stereocenters. The van der Waals surface area contributed by atoms with Gasteiger partial charge in [-0.05, 0) is 41.5 Å². The van der Waals surface area contributed by atoms with Crippen LogP contribution in [-0.4, -0.2) is 46.1 Å². The van der Waals surface area contributed by atoms with Crippen molar-refractivity contribution in [1.29, 1.82) is 0 Å². The van der Waals surface area contributed by atoms with E-state index in [1.54, 1.807) is 11.8 Å². The molecule has 0 aromatic heterocycles. The molecule has 0 fully saturated rings. The maximum absolute atomic E-state index is 12.5. The molecular formula is C19H37NO4S. The van der Waals surface area contributed by atoms with Crippen LogP contribution in [-0.2, 0) is 19.1 Å². The molecule has 2 N–H and O–H groups in total. The molecule has 0 spiro atoms. The van der Waals surface area contributed by atoms with E-state index in [0.717, 1.165) is 0 Å². The first-order chi connectivity index (χ1) is 11.0. The predicted octanol–water partition coefficient (Wildman–Crippen LogP) is 3.58. The second kappa shape index (κ2) is 9.38. The average Bonchev–Trinajstić information content (AvgIpc) is 2.36. The van der Waals surface area contributed by atoms with Crippen LogP contribution in [0.1, 0.15) is 68.7 Å². The molecule has 0 aliphatic heterocycles. The van der Waals surface area contributed by atoms with Crippen LogP contribution in [0.5, 0.6) is 0 Å². The molecule has 5 nitrogen and oxygen atoms in total. The van der Waals surface area contributed by atoms with Gasteiger partial charge in [0.15, 0.2) is 5.78 Å². The van der Waals surface area contributed by atoms with Crippen molar-refractivity contribution in [2.24, 2.45) is 11.7 Å². The highest BCUT2D eigenvalue weighted by molar-refractivity contribution is 8.00. The van der Waals surface area contributed by atoms with E-state index >= 15 is 0 Å². The Morgan fingerprint density at radius 1 is 0.960 bits per heavy atom. The minimum Gasteiger partial charge on any atom is -0.460 e. The lowest BCUT2D eigenvalue weighted by atomic mass is 10.00. The summed E-state index contributed by atoms with van der Waals surface area (Å²) in [6, 6.07) is -0.733. The van der Waals surface area contributed by atoms with Gasteiger partial charge in [0.05, 0.1) is 24.2 Å². The van der Waals surface area contributed by atoms with Gasteiger partial charge < -0.3 is 15.2 Å². The van der Waals surface area contributed by atoms with Gasteiger partial charge in [-0.3, -0.25) is 9.59 Å². The average molecular weight is 376 g/mol. The van der Waals surface area contributed by atoms with Crippen LogP contribution in [0.2, 0.25) is 0 Å². The number of thioether (sulfide) groups is 1. The van der Waals surface area contributed by atoms with Crippen molar-refractivity contribution < 1.29 is 19.1 Å². The van der Waals surface area contributed by atoms with Gasteiger partial charge in [-0.25, -0.2) is 0 Å². The normalized spacial score (nSPS) is 15.6. The van der Waals surface area contributed by atoms with Crippen LogP contribution in [0, 0.1) is 5.92 Å². The maximum Gasteiger partial charge on any atom is 0.310 e. The number of esters is 1. The number of hydrogen-bond donors (Lipinski definition) is 1. The van der Waals surface area contributed by atoms with Crippen LogP contribution in [0.3, 0.4) is 0 Å². The predicted molar refractivity (Wildman–Crippen MR) is 105 cm³/mol. The van der Waals surface area contributed by atoms with Crippen molar-refractivity contribution in [2.75, 3.05) is 12.4 Å². The first-order valence-electron chi connectivity index (χ1n) is 8.79. The number of carbonyl (C=O) groups excluding carboxylic acids is 2. The molecule has 0 heterocycles. The third-order valence-corrected chi connectivity index (χ3v) is 4.45. The van der Waals surface area contributed by atoms with Gasteiger partial charge in [0, 0.05) is 16.9 Å². The van der Waals surface area contributed by atoms with Crippen LogP contribution in [0.15, 0.2) is 0 Å². The minimum absolute atomic E-state index is 0.000766. The maximum atomic E-state index is 12.5. The zero-order chi connectivity index (χ0) is 20.1. The first-order valence-corrected chi connectivity index (χ1v) is 9.78. The molecule has 0 saturated heterocycles. The molecule has 0 aromatic carbocycles. The van der Waals surface area contributed by atoms with E-state index in [9.17, 15) is 9.59 Å². The van der Waals surface area contributed by atoms with E-state index < -0.39 is 17.6 Å². The SMILES string of the molecule is CC(C)(C)OC[C@H](N)C(=O)C[C@@H](CSC(C)(C)C)C(=O)OC(C)(C)C. The summed E-state index contributed by atoms with van der Waals surface area (Å²) in [5, 5.41) is 0. The van der Waals surface area contributed by atoms with Crippen LogP contribution in [0.25, 0.3) is 0 Å². The Labute approximate surface area is 157 Å². The summed E-state index contributed by atoms with van der Waals surface area (Å²) >= 11 is 1.64. The van der Waals surface area contributed by atoms with Crippen molar-refractivity contribution in [3.63, 3.8) is 0 Å². The summed E-state index contributed by atoms with van der Waals surface area (Å²) in [5.74, 6) is -0.496. The Balaban J connectivity index is 4.90. The van der Waals surface area contributed by atoms with Crippen LogP contribution in [0.4, 0.5) is 0 Å². The molecule has 0 aromatic rings. The highest BCUT2D eigenvalue weighted by Crippen LogP contribution is 2.28. The van der Waals surface area contributed by atoms with E-state index in [-0.39, 0.29) is 35.1 Å². The number of carbonyl (C=O) groups is 2. The number of rotatable bonds is 8. The molecular weight excluding hydrogens is 338 g/mol. The monoisotopic (exact) mass is 375 g/mol. The van der Waals surface area contributed by atoms with E-state index in [0.29, 0.717) is 5.75 Å². The summed E-state index contributed by atoms with van der Waals surface area (Å²) in [5.41, 5.74) is 5.01. The fraction of sp³-hybridized carbons (Fsp3) is 0.895. The summed E-state index contributed by atoms with van der Waals surface area (Å²) in [6.45, 7) is 17.6. The number of ether oxygens (including phenoxy) is 2. The second-order valence-electron chi connectivity index (χ2n) is 9.35. The van der Waals surface area contributed by atoms with Gasteiger partial charge in [0.25, 0.3) is 0 Å². The Morgan fingerprint density at radius 3 is 1.88 bits per heavy atom. The van der Waals surface area contributed by atoms with Gasteiger partial charge >= 0.3 is 5.97 Å². The molecule has 6 heteroatoms. The number of ketones is 1. The minimum atomic E-state index is -0.733. The molecule has 25 heavy (non-hydrogen) atoms. The first kappa shape index (κ1) is 24.4. The Kier molecular flexibility index (Phi) is 9.16. The topological polar surface area (TPSA) is 78.6 Å². The Hall–Kier alpha value is -0.590. The molecule has 148 valence electrons. The summed E-state index contributed by atoms with van der Waals surface area (Å²) in [7, 11) is 0. The number of nitrogens with two attached hydrogens (primary N) is 1. The lowest BCUT2D eigenvalue weighted by Crippen LogP contribution is -2.41. The van der Waals surface area contributed by atoms with E-state index in [2.05, 4.69) is 20.8 Å². The summed E-state index contributed by atoms with van der Waals surface area (Å²) in [4.78, 5) is 24.9. The molecule has 0 rings (SSSR count). The van der Waals surface area contributed by atoms with Crippen molar-refractivity contribution in [3.8, 4) is 0 Å².